The van der Waals surface area contributed by atoms with E-state index < -0.39 is 12.2 Å². The molecule has 1 amide bonds. The van der Waals surface area contributed by atoms with Crippen molar-refractivity contribution in [1.29, 1.82) is 0 Å². The Morgan fingerprint density at radius 2 is 1.87 bits per heavy atom. The molecule has 0 saturated heterocycles. The second-order valence-corrected chi connectivity index (χ2v) is 6.99. The second-order valence-electron chi connectivity index (χ2n) is 6.04. The van der Waals surface area contributed by atoms with Gasteiger partial charge in [0, 0.05) is 19.2 Å². The topological polar surface area (TPSA) is 73.1 Å². The van der Waals surface area contributed by atoms with Gasteiger partial charge in [0.2, 0.25) is 11.1 Å². The van der Waals surface area contributed by atoms with Crippen molar-refractivity contribution in [3.8, 4) is 11.4 Å². The van der Waals surface area contributed by atoms with Gasteiger partial charge in [-0.3, -0.25) is 4.79 Å². The summed E-state index contributed by atoms with van der Waals surface area (Å²) in [5.41, 5.74) is 0.786. The molecule has 3 rings (SSSR count). The van der Waals surface area contributed by atoms with Crippen LogP contribution in [0.5, 0.6) is 5.75 Å². The minimum absolute atomic E-state index is 0.0133. The Morgan fingerprint density at radius 1 is 1.17 bits per heavy atom. The van der Waals surface area contributed by atoms with E-state index in [0.717, 1.165) is 23.9 Å². The molecule has 0 bridgehead atoms. The molecular weight excluding hydrogens is 426 g/mol. The fourth-order valence-electron chi connectivity index (χ4n) is 2.43. The quantitative estimate of drug-likeness (QED) is 0.413. The molecule has 158 valence electrons. The normalized spacial score (nSPS) is 11.4. The molecule has 0 aliphatic rings. The fourth-order valence-corrected chi connectivity index (χ4v) is 3.26. The van der Waals surface area contributed by atoms with Crippen LogP contribution in [0.15, 0.2) is 53.7 Å². The van der Waals surface area contributed by atoms with Crippen molar-refractivity contribution in [1.82, 2.24) is 25.1 Å². The number of carbonyl (C=O) groups excluding carboxylic acids is 1. The van der Waals surface area contributed by atoms with Gasteiger partial charge in [-0.2, -0.15) is 4.68 Å². The van der Waals surface area contributed by atoms with Crippen LogP contribution >= 0.6 is 11.8 Å². The highest BCUT2D eigenvalue weighted by Gasteiger charge is 2.31. The molecule has 3 aromatic rings. The molecule has 12 heteroatoms. The number of carbonyl (C=O) groups is 1. The van der Waals surface area contributed by atoms with E-state index >= 15 is 0 Å². The van der Waals surface area contributed by atoms with Crippen LogP contribution in [0, 0.1) is 5.82 Å². The maximum Gasteiger partial charge on any atom is 0.573 e. The summed E-state index contributed by atoms with van der Waals surface area (Å²) in [7, 11) is 1.55. The van der Waals surface area contributed by atoms with Crippen LogP contribution < -0.4 is 4.74 Å². The van der Waals surface area contributed by atoms with Gasteiger partial charge in [-0.25, -0.2) is 4.39 Å². The lowest BCUT2D eigenvalue weighted by Gasteiger charge is -2.17. The summed E-state index contributed by atoms with van der Waals surface area (Å²) in [5, 5.41) is 11.4. The van der Waals surface area contributed by atoms with Crippen molar-refractivity contribution in [3.05, 3.63) is 59.9 Å². The summed E-state index contributed by atoms with van der Waals surface area (Å²) < 4.78 is 55.6. The van der Waals surface area contributed by atoms with E-state index in [2.05, 4.69) is 20.3 Å². The number of alkyl halides is 3. The number of aromatic nitrogens is 4. The molecule has 0 fully saturated rings. The highest BCUT2D eigenvalue weighted by molar-refractivity contribution is 7.99. The Bertz CT molecular complexity index is 1010. The molecule has 0 atom stereocenters. The monoisotopic (exact) mass is 441 g/mol. The molecule has 0 aliphatic carbocycles. The zero-order valence-corrected chi connectivity index (χ0v) is 16.3. The van der Waals surface area contributed by atoms with Crippen LogP contribution in [-0.2, 0) is 11.3 Å². The van der Waals surface area contributed by atoms with Crippen LogP contribution in [-0.4, -0.2) is 50.2 Å². The number of benzene rings is 2. The van der Waals surface area contributed by atoms with Crippen molar-refractivity contribution >= 4 is 17.7 Å². The molecule has 0 saturated carbocycles. The number of rotatable bonds is 7. The van der Waals surface area contributed by atoms with Crippen molar-refractivity contribution in [2.24, 2.45) is 0 Å². The zero-order valence-electron chi connectivity index (χ0n) is 15.5. The molecule has 1 aromatic heterocycles. The minimum atomic E-state index is -4.79. The van der Waals surface area contributed by atoms with Crippen LogP contribution in [0.4, 0.5) is 17.6 Å². The van der Waals surface area contributed by atoms with E-state index in [-0.39, 0.29) is 29.1 Å². The summed E-state index contributed by atoms with van der Waals surface area (Å²) in [4.78, 5) is 13.7. The van der Waals surface area contributed by atoms with Crippen LogP contribution in [0.3, 0.4) is 0 Å². The third kappa shape index (κ3) is 5.69. The maximum atomic E-state index is 13.7. The Labute approximate surface area is 172 Å². The van der Waals surface area contributed by atoms with E-state index in [1.165, 1.54) is 27.8 Å². The van der Waals surface area contributed by atoms with E-state index in [4.69, 9.17) is 0 Å². The van der Waals surface area contributed by atoms with Crippen molar-refractivity contribution in [2.45, 2.75) is 18.1 Å². The second kappa shape index (κ2) is 9.11. The third-order valence-corrected chi connectivity index (χ3v) is 4.78. The average molecular weight is 441 g/mol. The van der Waals surface area contributed by atoms with Crippen LogP contribution in [0.2, 0.25) is 0 Å². The summed E-state index contributed by atoms with van der Waals surface area (Å²) in [6.45, 7) is 0.109. The van der Waals surface area contributed by atoms with Crippen molar-refractivity contribution in [3.63, 3.8) is 0 Å². The van der Waals surface area contributed by atoms with Gasteiger partial charge in [0.05, 0.1) is 11.4 Å². The number of tetrazole rings is 1. The minimum Gasteiger partial charge on any atom is -0.406 e. The molecule has 1 heterocycles. The number of nitrogens with zero attached hydrogens (tertiary/aromatic N) is 5. The van der Waals surface area contributed by atoms with E-state index in [1.54, 1.807) is 25.2 Å². The standard InChI is InChI=1S/C18H15F4N5O2S/c1-26(10-12-4-2-3-5-15(12)19)16(28)11-30-17-23-24-25-27(17)13-6-8-14(9-7-13)29-18(20,21)22/h2-9H,10-11H2,1H3. The molecule has 2 aromatic carbocycles. The van der Waals surface area contributed by atoms with Gasteiger partial charge >= 0.3 is 6.36 Å². The summed E-state index contributed by atoms with van der Waals surface area (Å²) in [5.74, 6) is -1.06. The van der Waals surface area contributed by atoms with Gasteiger partial charge in [-0.15, -0.1) is 18.3 Å². The number of amides is 1. The summed E-state index contributed by atoms with van der Waals surface area (Å²) in [6, 6.07) is 11.1. The average Bonchev–Trinajstić information content (AvgIpc) is 3.16. The van der Waals surface area contributed by atoms with Gasteiger partial charge in [0.15, 0.2) is 0 Å². The van der Waals surface area contributed by atoms with Gasteiger partial charge in [0.1, 0.15) is 11.6 Å². The SMILES string of the molecule is CN(Cc1ccccc1F)C(=O)CSc1nnnn1-c1ccc(OC(F)(F)F)cc1. The predicted molar refractivity (Wildman–Crippen MR) is 99.4 cm³/mol. The van der Waals surface area contributed by atoms with Crippen molar-refractivity contribution in [2.75, 3.05) is 12.8 Å². The molecule has 0 radical (unpaired) electrons. The van der Waals surface area contributed by atoms with E-state index in [9.17, 15) is 22.4 Å². The third-order valence-electron chi connectivity index (χ3n) is 3.87. The fraction of sp³-hybridized carbons (Fsp3) is 0.222. The van der Waals surface area contributed by atoms with E-state index in [1.807, 2.05) is 0 Å². The Kier molecular flexibility index (Phi) is 6.55. The Balaban J connectivity index is 1.62. The molecule has 0 unspecified atom stereocenters. The highest BCUT2D eigenvalue weighted by atomic mass is 32.2. The molecule has 30 heavy (non-hydrogen) atoms. The van der Waals surface area contributed by atoms with E-state index in [0.29, 0.717) is 11.3 Å². The number of thioether (sulfide) groups is 1. The first-order chi connectivity index (χ1) is 14.2. The van der Waals surface area contributed by atoms with Gasteiger partial charge < -0.3 is 9.64 Å². The zero-order chi connectivity index (χ0) is 21.7. The Hall–Kier alpha value is -3.15. The van der Waals surface area contributed by atoms with Crippen molar-refractivity contribution < 1.29 is 27.1 Å². The van der Waals surface area contributed by atoms with Crippen LogP contribution in [0.1, 0.15) is 5.56 Å². The molecule has 0 aliphatic heterocycles. The number of ether oxygens (including phenoxy) is 1. The van der Waals surface area contributed by atoms with Gasteiger partial charge in [-0.05, 0) is 40.8 Å². The highest BCUT2D eigenvalue weighted by Crippen LogP contribution is 2.25. The number of hydrogen-bond donors (Lipinski definition) is 0. The molecule has 0 N–H and O–H groups in total. The first-order valence-electron chi connectivity index (χ1n) is 8.47. The number of halogens is 4. The largest absolute Gasteiger partial charge is 0.573 e. The number of hydrogen-bond acceptors (Lipinski definition) is 6. The maximum absolute atomic E-state index is 13.7. The van der Waals surface area contributed by atoms with Crippen LogP contribution in [0.25, 0.3) is 5.69 Å². The molecular formula is C18H15F4N5O2S. The summed E-state index contributed by atoms with van der Waals surface area (Å²) in [6.07, 6.45) is -4.79. The lowest BCUT2D eigenvalue weighted by atomic mass is 10.2. The lowest BCUT2D eigenvalue weighted by molar-refractivity contribution is -0.274. The summed E-state index contributed by atoms with van der Waals surface area (Å²) >= 11 is 1.04. The first kappa shape index (κ1) is 21.6. The smallest absolute Gasteiger partial charge is 0.406 e. The predicted octanol–water partition coefficient (Wildman–Crippen LogP) is 3.45. The Morgan fingerprint density at radius 3 is 2.53 bits per heavy atom. The van der Waals surface area contributed by atoms with Gasteiger partial charge in [-0.1, -0.05) is 30.0 Å². The van der Waals surface area contributed by atoms with Gasteiger partial charge in [0.25, 0.3) is 0 Å². The molecule has 7 nitrogen and oxygen atoms in total. The molecule has 0 spiro atoms. The first-order valence-corrected chi connectivity index (χ1v) is 9.46. The lowest BCUT2D eigenvalue weighted by Crippen LogP contribution is -2.28.